The summed E-state index contributed by atoms with van der Waals surface area (Å²) in [5.74, 6) is 0.190. The van der Waals surface area contributed by atoms with Crippen molar-refractivity contribution in [1.29, 1.82) is 5.26 Å². The standard InChI is InChI=1S/C18H22N2O2/c19-13-18(9-4-5-10-18)17(21)20-12-15-8-11-22-16(15)14-6-2-1-3-7-14/h1-3,6-7,15-16H,4-5,8-12H2,(H,20,21)/t15-,16-/m1/s1. The fourth-order valence-electron chi connectivity index (χ4n) is 3.62. The molecule has 0 spiro atoms. The molecule has 1 aliphatic carbocycles. The molecule has 1 heterocycles. The van der Waals surface area contributed by atoms with Crippen LogP contribution in [0, 0.1) is 22.7 Å². The fraction of sp³-hybridized carbons (Fsp3) is 0.556. The number of nitrogens with zero attached hydrogens (tertiary/aromatic N) is 1. The maximum Gasteiger partial charge on any atom is 0.240 e. The van der Waals surface area contributed by atoms with E-state index < -0.39 is 5.41 Å². The van der Waals surface area contributed by atoms with Gasteiger partial charge < -0.3 is 10.1 Å². The molecule has 0 unspecified atom stereocenters. The Balaban J connectivity index is 1.61. The summed E-state index contributed by atoms with van der Waals surface area (Å²) in [5, 5.41) is 12.4. The van der Waals surface area contributed by atoms with Crippen molar-refractivity contribution in [3.63, 3.8) is 0 Å². The molecule has 116 valence electrons. The van der Waals surface area contributed by atoms with Crippen LogP contribution in [0.25, 0.3) is 0 Å². The lowest BCUT2D eigenvalue weighted by Crippen LogP contribution is -2.40. The van der Waals surface area contributed by atoms with Gasteiger partial charge in [0.1, 0.15) is 5.41 Å². The maximum absolute atomic E-state index is 12.4. The predicted molar refractivity (Wildman–Crippen MR) is 82.8 cm³/mol. The molecule has 1 amide bonds. The zero-order chi connectivity index (χ0) is 15.4. The zero-order valence-corrected chi connectivity index (χ0v) is 12.8. The highest BCUT2D eigenvalue weighted by atomic mass is 16.5. The predicted octanol–water partition coefficient (Wildman–Crippen LogP) is 2.96. The molecular weight excluding hydrogens is 276 g/mol. The minimum atomic E-state index is -0.790. The van der Waals surface area contributed by atoms with E-state index in [1.54, 1.807) is 0 Å². The smallest absolute Gasteiger partial charge is 0.240 e. The molecule has 0 bridgehead atoms. The van der Waals surface area contributed by atoms with Crippen LogP contribution >= 0.6 is 0 Å². The molecule has 0 aromatic heterocycles. The van der Waals surface area contributed by atoms with E-state index in [1.165, 1.54) is 0 Å². The number of nitriles is 1. The van der Waals surface area contributed by atoms with E-state index in [4.69, 9.17) is 4.74 Å². The normalized spacial score (nSPS) is 26.5. The molecule has 22 heavy (non-hydrogen) atoms. The van der Waals surface area contributed by atoms with Crippen LogP contribution in [0.3, 0.4) is 0 Å². The summed E-state index contributed by atoms with van der Waals surface area (Å²) in [6.45, 7) is 1.31. The molecule has 1 aromatic rings. The van der Waals surface area contributed by atoms with Gasteiger partial charge in [0, 0.05) is 19.1 Å². The van der Waals surface area contributed by atoms with Crippen LogP contribution in [0.1, 0.15) is 43.8 Å². The van der Waals surface area contributed by atoms with Crippen molar-refractivity contribution >= 4 is 5.91 Å². The van der Waals surface area contributed by atoms with Crippen molar-refractivity contribution in [3.8, 4) is 6.07 Å². The third kappa shape index (κ3) is 2.86. The van der Waals surface area contributed by atoms with E-state index in [-0.39, 0.29) is 17.9 Å². The summed E-state index contributed by atoms with van der Waals surface area (Å²) in [4.78, 5) is 12.4. The molecule has 1 N–H and O–H groups in total. The molecule has 1 saturated carbocycles. The van der Waals surface area contributed by atoms with E-state index >= 15 is 0 Å². The van der Waals surface area contributed by atoms with Gasteiger partial charge in [0.25, 0.3) is 0 Å². The van der Waals surface area contributed by atoms with Crippen LogP contribution in [-0.2, 0) is 9.53 Å². The Bertz CT molecular complexity index is 558. The Kier molecular flexibility index (Phi) is 4.44. The maximum atomic E-state index is 12.4. The van der Waals surface area contributed by atoms with Crippen molar-refractivity contribution in [3.05, 3.63) is 35.9 Å². The highest BCUT2D eigenvalue weighted by Crippen LogP contribution is 2.38. The second kappa shape index (κ2) is 6.50. The molecule has 1 aromatic carbocycles. The van der Waals surface area contributed by atoms with Gasteiger partial charge in [-0.1, -0.05) is 43.2 Å². The molecule has 0 radical (unpaired) electrons. The van der Waals surface area contributed by atoms with Crippen molar-refractivity contribution in [2.45, 2.75) is 38.2 Å². The Morgan fingerprint density at radius 2 is 2.05 bits per heavy atom. The Morgan fingerprint density at radius 1 is 1.32 bits per heavy atom. The van der Waals surface area contributed by atoms with Crippen molar-refractivity contribution in [1.82, 2.24) is 5.32 Å². The number of benzene rings is 1. The van der Waals surface area contributed by atoms with Gasteiger partial charge >= 0.3 is 0 Å². The summed E-state index contributed by atoms with van der Waals surface area (Å²) in [6, 6.07) is 12.4. The van der Waals surface area contributed by atoms with Gasteiger partial charge in [0.2, 0.25) is 5.91 Å². The second-order valence-corrected chi connectivity index (χ2v) is 6.36. The van der Waals surface area contributed by atoms with Gasteiger partial charge in [-0.3, -0.25) is 4.79 Å². The molecule has 1 saturated heterocycles. The fourth-order valence-corrected chi connectivity index (χ4v) is 3.62. The van der Waals surface area contributed by atoms with Gasteiger partial charge in [-0.2, -0.15) is 5.26 Å². The minimum absolute atomic E-state index is 0.0445. The summed E-state index contributed by atoms with van der Waals surface area (Å²) < 4.78 is 5.84. The number of hydrogen-bond donors (Lipinski definition) is 1. The van der Waals surface area contributed by atoms with Gasteiger partial charge in [-0.05, 0) is 24.8 Å². The average molecular weight is 298 g/mol. The van der Waals surface area contributed by atoms with Crippen LogP contribution in [0.4, 0.5) is 0 Å². The molecule has 2 fully saturated rings. The van der Waals surface area contributed by atoms with Crippen LogP contribution in [0.15, 0.2) is 30.3 Å². The molecule has 4 nitrogen and oxygen atoms in total. The van der Waals surface area contributed by atoms with Crippen LogP contribution in [-0.4, -0.2) is 19.1 Å². The minimum Gasteiger partial charge on any atom is -0.373 e. The molecular formula is C18H22N2O2. The van der Waals surface area contributed by atoms with E-state index in [0.717, 1.165) is 31.4 Å². The Morgan fingerprint density at radius 3 is 2.73 bits per heavy atom. The first-order valence-corrected chi connectivity index (χ1v) is 8.11. The third-order valence-electron chi connectivity index (χ3n) is 4.97. The summed E-state index contributed by atoms with van der Waals surface area (Å²) in [6.07, 6.45) is 4.32. The topological polar surface area (TPSA) is 62.1 Å². The molecule has 4 heteroatoms. The average Bonchev–Trinajstić information content (AvgIpc) is 3.23. The lowest BCUT2D eigenvalue weighted by Gasteiger charge is -2.23. The van der Waals surface area contributed by atoms with Crippen molar-refractivity contribution in [2.75, 3.05) is 13.2 Å². The van der Waals surface area contributed by atoms with Gasteiger partial charge in [-0.25, -0.2) is 0 Å². The van der Waals surface area contributed by atoms with Crippen molar-refractivity contribution in [2.24, 2.45) is 11.3 Å². The summed E-state index contributed by atoms with van der Waals surface area (Å²) in [5.41, 5.74) is 0.372. The third-order valence-corrected chi connectivity index (χ3v) is 4.97. The molecule has 2 atom stereocenters. The number of ether oxygens (including phenoxy) is 1. The quantitative estimate of drug-likeness (QED) is 0.929. The molecule has 3 rings (SSSR count). The van der Waals surface area contributed by atoms with E-state index in [0.29, 0.717) is 19.4 Å². The van der Waals surface area contributed by atoms with Crippen LogP contribution < -0.4 is 5.32 Å². The number of carbonyl (C=O) groups is 1. The van der Waals surface area contributed by atoms with Gasteiger partial charge in [-0.15, -0.1) is 0 Å². The highest BCUT2D eigenvalue weighted by molar-refractivity contribution is 5.85. The van der Waals surface area contributed by atoms with E-state index in [9.17, 15) is 10.1 Å². The SMILES string of the molecule is N#CC1(C(=O)NC[C@H]2CCO[C@@H]2c2ccccc2)CCCC1. The Labute approximate surface area is 131 Å². The largest absolute Gasteiger partial charge is 0.373 e. The lowest BCUT2D eigenvalue weighted by molar-refractivity contribution is -0.128. The number of hydrogen-bond acceptors (Lipinski definition) is 3. The van der Waals surface area contributed by atoms with Gasteiger partial charge in [0.15, 0.2) is 0 Å². The number of carbonyl (C=O) groups excluding carboxylic acids is 1. The van der Waals surface area contributed by atoms with E-state index in [2.05, 4.69) is 23.5 Å². The first-order chi connectivity index (χ1) is 10.7. The Hall–Kier alpha value is -1.86. The van der Waals surface area contributed by atoms with Gasteiger partial charge in [0.05, 0.1) is 12.2 Å². The number of nitrogens with one attached hydrogen (secondary N) is 1. The highest BCUT2D eigenvalue weighted by Gasteiger charge is 2.42. The monoisotopic (exact) mass is 298 g/mol. The number of amides is 1. The lowest BCUT2D eigenvalue weighted by atomic mass is 9.86. The van der Waals surface area contributed by atoms with Crippen molar-refractivity contribution < 1.29 is 9.53 Å². The van der Waals surface area contributed by atoms with Crippen LogP contribution in [0.5, 0.6) is 0 Å². The molecule has 2 aliphatic rings. The van der Waals surface area contributed by atoms with Crippen LogP contribution in [0.2, 0.25) is 0 Å². The second-order valence-electron chi connectivity index (χ2n) is 6.36. The first kappa shape index (κ1) is 15.1. The number of rotatable bonds is 4. The zero-order valence-electron chi connectivity index (χ0n) is 12.8. The summed E-state index contributed by atoms with van der Waals surface area (Å²) >= 11 is 0. The molecule has 1 aliphatic heterocycles. The van der Waals surface area contributed by atoms with E-state index in [1.807, 2.05) is 18.2 Å². The summed E-state index contributed by atoms with van der Waals surface area (Å²) in [7, 11) is 0. The first-order valence-electron chi connectivity index (χ1n) is 8.11.